The first-order valence-electron chi connectivity index (χ1n) is 8.32. The SMILES string of the molecule is COc1cc(OC)c2c(c1)C(=O)O[C@H]2Cc1cc(OC)c(OC)c(OC)c1. The lowest BCUT2D eigenvalue weighted by Gasteiger charge is -2.17. The standard InChI is InChI=1S/C20H22O7/c1-22-12-9-13-18(14(10-12)23-2)15(27-20(13)21)6-11-7-16(24-3)19(26-5)17(8-11)25-4/h7-10,15H,6H2,1-5H3/t15-/m0/s1. The maximum Gasteiger partial charge on any atom is 0.339 e. The van der Waals surface area contributed by atoms with Crippen LogP contribution in [0.25, 0.3) is 0 Å². The van der Waals surface area contributed by atoms with Gasteiger partial charge in [0.25, 0.3) is 0 Å². The molecule has 0 unspecified atom stereocenters. The van der Waals surface area contributed by atoms with E-state index in [1.807, 2.05) is 12.1 Å². The lowest BCUT2D eigenvalue weighted by molar-refractivity contribution is 0.0384. The van der Waals surface area contributed by atoms with E-state index in [1.54, 1.807) is 40.6 Å². The van der Waals surface area contributed by atoms with E-state index in [4.69, 9.17) is 28.4 Å². The van der Waals surface area contributed by atoms with Gasteiger partial charge >= 0.3 is 5.97 Å². The molecule has 0 saturated carbocycles. The predicted molar refractivity (Wildman–Crippen MR) is 97.5 cm³/mol. The molecule has 3 rings (SSSR count). The first-order valence-corrected chi connectivity index (χ1v) is 8.32. The van der Waals surface area contributed by atoms with Crippen LogP contribution >= 0.6 is 0 Å². The van der Waals surface area contributed by atoms with E-state index in [0.29, 0.717) is 46.3 Å². The molecule has 1 atom stereocenters. The molecule has 0 aliphatic carbocycles. The molecule has 0 spiro atoms. The van der Waals surface area contributed by atoms with Crippen LogP contribution < -0.4 is 23.7 Å². The first-order chi connectivity index (χ1) is 13.1. The quantitative estimate of drug-likeness (QED) is 0.689. The Morgan fingerprint density at radius 2 is 1.44 bits per heavy atom. The van der Waals surface area contributed by atoms with Crippen molar-refractivity contribution in [3.05, 3.63) is 41.0 Å². The van der Waals surface area contributed by atoms with Crippen LogP contribution in [0.1, 0.15) is 27.6 Å². The van der Waals surface area contributed by atoms with Crippen LogP contribution in [-0.4, -0.2) is 41.5 Å². The average molecular weight is 374 g/mol. The molecule has 1 heterocycles. The van der Waals surface area contributed by atoms with Crippen LogP contribution in [0.3, 0.4) is 0 Å². The lowest BCUT2D eigenvalue weighted by atomic mass is 9.97. The van der Waals surface area contributed by atoms with Crippen molar-refractivity contribution in [2.75, 3.05) is 35.5 Å². The Kier molecular flexibility index (Phi) is 5.30. The Morgan fingerprint density at radius 1 is 0.815 bits per heavy atom. The topological polar surface area (TPSA) is 72.5 Å². The van der Waals surface area contributed by atoms with Gasteiger partial charge in [-0.1, -0.05) is 0 Å². The fraction of sp³-hybridized carbons (Fsp3) is 0.350. The summed E-state index contributed by atoms with van der Waals surface area (Å²) in [7, 11) is 7.75. The molecule has 7 nitrogen and oxygen atoms in total. The predicted octanol–water partition coefficient (Wildman–Crippen LogP) is 3.18. The molecule has 0 amide bonds. The van der Waals surface area contributed by atoms with Crippen molar-refractivity contribution in [2.45, 2.75) is 12.5 Å². The molecule has 1 aliphatic rings. The minimum Gasteiger partial charge on any atom is -0.497 e. The number of rotatable bonds is 7. The fourth-order valence-corrected chi connectivity index (χ4v) is 3.25. The van der Waals surface area contributed by atoms with E-state index in [9.17, 15) is 4.79 Å². The van der Waals surface area contributed by atoms with E-state index in [1.165, 1.54) is 7.11 Å². The van der Waals surface area contributed by atoms with Crippen molar-refractivity contribution in [3.63, 3.8) is 0 Å². The Labute approximate surface area is 157 Å². The number of cyclic esters (lactones) is 1. The highest BCUT2D eigenvalue weighted by Gasteiger charge is 2.35. The maximum atomic E-state index is 12.3. The van der Waals surface area contributed by atoms with E-state index < -0.39 is 12.1 Å². The number of carbonyl (C=O) groups excluding carboxylic acids is 1. The molecule has 0 aromatic heterocycles. The minimum atomic E-state index is -0.490. The molecule has 0 saturated heterocycles. The second kappa shape index (κ2) is 7.65. The van der Waals surface area contributed by atoms with Crippen molar-refractivity contribution in [3.8, 4) is 28.7 Å². The highest BCUT2D eigenvalue weighted by Crippen LogP contribution is 2.44. The summed E-state index contributed by atoms with van der Waals surface area (Å²) < 4.78 is 32.4. The van der Waals surface area contributed by atoms with E-state index in [0.717, 1.165) is 5.56 Å². The van der Waals surface area contributed by atoms with Crippen molar-refractivity contribution in [1.29, 1.82) is 0 Å². The first kappa shape index (κ1) is 18.7. The zero-order valence-corrected chi connectivity index (χ0v) is 16.0. The maximum absolute atomic E-state index is 12.3. The highest BCUT2D eigenvalue weighted by molar-refractivity contribution is 5.95. The second-order valence-electron chi connectivity index (χ2n) is 5.92. The van der Waals surface area contributed by atoms with Gasteiger partial charge in [-0.25, -0.2) is 4.79 Å². The van der Waals surface area contributed by atoms with Gasteiger partial charge in [0.05, 0.1) is 41.1 Å². The van der Waals surface area contributed by atoms with Crippen LogP contribution in [0.15, 0.2) is 24.3 Å². The molecule has 144 valence electrons. The summed E-state index contributed by atoms with van der Waals surface area (Å²) in [5.74, 6) is 2.27. The molecule has 0 radical (unpaired) electrons. The van der Waals surface area contributed by atoms with Crippen molar-refractivity contribution in [2.24, 2.45) is 0 Å². The van der Waals surface area contributed by atoms with Gasteiger partial charge in [-0.15, -0.1) is 0 Å². The number of esters is 1. The minimum absolute atomic E-state index is 0.403. The summed E-state index contributed by atoms with van der Waals surface area (Å²) in [5.41, 5.74) is 2.02. The summed E-state index contributed by atoms with van der Waals surface area (Å²) in [6.45, 7) is 0. The summed E-state index contributed by atoms with van der Waals surface area (Å²) in [6, 6.07) is 7.07. The molecule has 2 aromatic rings. The molecule has 0 fully saturated rings. The molecular weight excluding hydrogens is 352 g/mol. The van der Waals surface area contributed by atoms with Gasteiger partial charge in [-0.3, -0.25) is 0 Å². The second-order valence-corrected chi connectivity index (χ2v) is 5.92. The van der Waals surface area contributed by atoms with E-state index in [-0.39, 0.29) is 0 Å². The van der Waals surface area contributed by atoms with Gasteiger partial charge in [0.15, 0.2) is 11.5 Å². The number of methoxy groups -OCH3 is 5. The zero-order valence-electron chi connectivity index (χ0n) is 16.0. The molecular formula is C20H22O7. The van der Waals surface area contributed by atoms with Crippen molar-refractivity contribution >= 4 is 5.97 Å². The highest BCUT2D eigenvalue weighted by atomic mass is 16.6. The Balaban J connectivity index is 2.01. The molecule has 7 heteroatoms. The van der Waals surface area contributed by atoms with Crippen LogP contribution in [0.4, 0.5) is 0 Å². The average Bonchev–Trinajstić information content (AvgIpc) is 3.01. The molecule has 0 N–H and O–H groups in total. The molecule has 1 aliphatic heterocycles. The number of carbonyl (C=O) groups is 1. The number of fused-ring (bicyclic) bond motifs is 1. The molecule has 27 heavy (non-hydrogen) atoms. The number of hydrogen-bond acceptors (Lipinski definition) is 7. The van der Waals surface area contributed by atoms with E-state index in [2.05, 4.69) is 0 Å². The van der Waals surface area contributed by atoms with Gasteiger partial charge in [0, 0.05) is 18.1 Å². The fourth-order valence-electron chi connectivity index (χ4n) is 3.25. The van der Waals surface area contributed by atoms with Crippen LogP contribution in [-0.2, 0) is 11.2 Å². The third kappa shape index (κ3) is 3.32. The molecule has 0 bridgehead atoms. The third-order valence-electron chi connectivity index (χ3n) is 4.51. The van der Waals surface area contributed by atoms with Gasteiger partial charge in [0.1, 0.15) is 17.6 Å². The van der Waals surface area contributed by atoms with Gasteiger partial charge < -0.3 is 28.4 Å². The van der Waals surface area contributed by atoms with Crippen molar-refractivity contribution in [1.82, 2.24) is 0 Å². The Hall–Kier alpha value is -3.09. The summed E-state index contributed by atoms with van der Waals surface area (Å²) in [5, 5.41) is 0. The summed E-state index contributed by atoms with van der Waals surface area (Å²) in [6.07, 6.45) is -0.0610. The number of benzene rings is 2. The van der Waals surface area contributed by atoms with Crippen LogP contribution in [0.2, 0.25) is 0 Å². The normalized spacial score (nSPS) is 15.0. The van der Waals surface area contributed by atoms with Gasteiger partial charge in [-0.05, 0) is 23.8 Å². The van der Waals surface area contributed by atoms with E-state index >= 15 is 0 Å². The third-order valence-corrected chi connectivity index (χ3v) is 4.51. The van der Waals surface area contributed by atoms with Crippen molar-refractivity contribution < 1.29 is 33.2 Å². The Morgan fingerprint density at radius 3 is 1.96 bits per heavy atom. The van der Waals surface area contributed by atoms with Crippen LogP contribution in [0.5, 0.6) is 28.7 Å². The number of ether oxygens (including phenoxy) is 6. The van der Waals surface area contributed by atoms with Gasteiger partial charge in [0.2, 0.25) is 5.75 Å². The zero-order chi connectivity index (χ0) is 19.6. The Bertz CT molecular complexity index is 835. The smallest absolute Gasteiger partial charge is 0.339 e. The van der Waals surface area contributed by atoms with Crippen LogP contribution in [0, 0.1) is 0 Å². The summed E-state index contributed by atoms with van der Waals surface area (Å²) in [4.78, 5) is 12.3. The number of hydrogen-bond donors (Lipinski definition) is 0. The lowest BCUT2D eigenvalue weighted by Crippen LogP contribution is -2.05. The molecule has 2 aromatic carbocycles. The monoisotopic (exact) mass is 374 g/mol. The van der Waals surface area contributed by atoms with Gasteiger partial charge in [-0.2, -0.15) is 0 Å². The largest absolute Gasteiger partial charge is 0.497 e. The summed E-state index contributed by atoms with van der Waals surface area (Å²) >= 11 is 0.